The van der Waals surface area contributed by atoms with E-state index in [2.05, 4.69) is 45.1 Å². The third-order valence-corrected chi connectivity index (χ3v) is 6.17. The minimum absolute atomic E-state index is 0.164. The summed E-state index contributed by atoms with van der Waals surface area (Å²) in [5, 5.41) is 2.86. The summed E-state index contributed by atoms with van der Waals surface area (Å²) in [4.78, 5) is 14.9. The largest absolute Gasteiger partial charge is 0.323 e. The van der Waals surface area contributed by atoms with E-state index in [0.717, 1.165) is 22.6 Å². The van der Waals surface area contributed by atoms with E-state index in [-0.39, 0.29) is 17.2 Å². The molecular weight excluding hydrogens is 359 g/mol. The van der Waals surface area contributed by atoms with Gasteiger partial charge in [0.05, 0.1) is 0 Å². The number of carbonyl (C=O) groups excluding carboxylic acids is 1. The molecule has 1 atom stereocenters. The Morgan fingerprint density at radius 1 is 1.07 bits per heavy atom. The molecule has 1 aliphatic heterocycles. The maximum Gasteiger partial charge on any atom is 0.323 e. The summed E-state index contributed by atoms with van der Waals surface area (Å²) in [6.45, 7) is 9.12. The predicted molar refractivity (Wildman–Crippen MR) is 112 cm³/mol. The van der Waals surface area contributed by atoms with Crippen LogP contribution in [0.5, 0.6) is 0 Å². The van der Waals surface area contributed by atoms with Crippen molar-refractivity contribution in [3.05, 3.63) is 65.0 Å². The molecule has 0 spiro atoms. The zero-order valence-electron chi connectivity index (χ0n) is 16.3. The van der Waals surface area contributed by atoms with Gasteiger partial charge in [0.15, 0.2) is 0 Å². The van der Waals surface area contributed by atoms with E-state index < -0.39 is 0 Å². The number of nitrogens with one attached hydrogen (secondary N) is 1. The molecule has 0 radical (unpaired) electrons. The van der Waals surface area contributed by atoms with Gasteiger partial charge in [0.1, 0.15) is 11.2 Å². The molecule has 2 aromatic carbocycles. The lowest BCUT2D eigenvalue weighted by Gasteiger charge is -2.27. The number of urea groups is 1. The quantitative estimate of drug-likeness (QED) is 0.664. The number of hydrogen-bond donors (Lipinski definition) is 1. The monoisotopic (exact) mass is 386 g/mol. The molecule has 3 nitrogen and oxygen atoms in total. The highest BCUT2D eigenvalue weighted by Crippen LogP contribution is 2.40. The van der Waals surface area contributed by atoms with Crippen LogP contribution in [0.2, 0.25) is 0 Å². The van der Waals surface area contributed by atoms with Gasteiger partial charge in [-0.3, -0.25) is 0 Å². The lowest BCUT2D eigenvalue weighted by atomic mass is 9.93. The van der Waals surface area contributed by atoms with Crippen molar-refractivity contribution in [1.29, 1.82) is 0 Å². The molecule has 2 aromatic rings. The Labute approximate surface area is 165 Å². The van der Waals surface area contributed by atoms with Gasteiger partial charge in [-0.15, -0.1) is 11.8 Å². The molecule has 144 valence electrons. The average Bonchev–Trinajstić information content (AvgIpc) is 3.11. The normalized spacial score (nSPS) is 17.0. The minimum atomic E-state index is -0.292. The number of amides is 2. The second kappa shape index (κ2) is 8.34. The molecule has 0 saturated carbocycles. The molecule has 1 N–H and O–H groups in total. The summed E-state index contributed by atoms with van der Waals surface area (Å²) in [6.07, 6.45) is 0. The highest BCUT2D eigenvalue weighted by Gasteiger charge is 2.33. The van der Waals surface area contributed by atoms with Crippen molar-refractivity contribution in [1.82, 2.24) is 4.90 Å². The zero-order valence-corrected chi connectivity index (χ0v) is 17.1. The van der Waals surface area contributed by atoms with Crippen LogP contribution in [-0.4, -0.2) is 23.2 Å². The molecule has 5 heteroatoms. The van der Waals surface area contributed by atoms with Gasteiger partial charge in [0, 0.05) is 23.5 Å². The van der Waals surface area contributed by atoms with Crippen molar-refractivity contribution >= 4 is 23.5 Å². The second-order valence-corrected chi connectivity index (χ2v) is 8.68. The van der Waals surface area contributed by atoms with Crippen molar-refractivity contribution in [2.45, 2.75) is 44.9 Å². The first-order valence-electron chi connectivity index (χ1n) is 9.46. The highest BCUT2D eigenvalue weighted by atomic mass is 32.2. The molecule has 1 unspecified atom stereocenters. The fourth-order valence-electron chi connectivity index (χ4n) is 3.49. The third-order valence-electron chi connectivity index (χ3n) is 4.93. The molecule has 0 aromatic heterocycles. The van der Waals surface area contributed by atoms with Crippen LogP contribution in [0, 0.1) is 5.82 Å². The molecule has 2 amide bonds. The van der Waals surface area contributed by atoms with Gasteiger partial charge >= 0.3 is 6.03 Å². The molecular formula is C22H27FN2OS. The van der Waals surface area contributed by atoms with Crippen LogP contribution >= 0.6 is 11.8 Å². The van der Waals surface area contributed by atoms with Gasteiger partial charge in [-0.25, -0.2) is 9.18 Å². The number of thioether (sulfide) groups is 1. The Balaban J connectivity index is 1.90. The summed E-state index contributed by atoms with van der Waals surface area (Å²) in [5.41, 5.74) is 3.72. The smallest absolute Gasteiger partial charge is 0.307 e. The van der Waals surface area contributed by atoms with Gasteiger partial charge in [0.2, 0.25) is 0 Å². The van der Waals surface area contributed by atoms with E-state index in [1.807, 2.05) is 12.1 Å². The Hall–Kier alpha value is -2.01. The average molecular weight is 387 g/mol. The van der Waals surface area contributed by atoms with Crippen LogP contribution in [0.15, 0.2) is 42.5 Å². The topological polar surface area (TPSA) is 32.3 Å². The predicted octanol–water partition coefficient (Wildman–Crippen LogP) is 6.35. The number of hydrogen-bond acceptors (Lipinski definition) is 2. The molecule has 1 fully saturated rings. The van der Waals surface area contributed by atoms with Crippen LogP contribution in [-0.2, 0) is 0 Å². The van der Waals surface area contributed by atoms with Gasteiger partial charge in [-0.05, 0) is 29.0 Å². The first-order valence-corrected chi connectivity index (χ1v) is 10.5. The van der Waals surface area contributed by atoms with E-state index in [0.29, 0.717) is 23.9 Å². The van der Waals surface area contributed by atoms with Gasteiger partial charge in [0.25, 0.3) is 0 Å². The summed E-state index contributed by atoms with van der Waals surface area (Å²) < 4.78 is 14.3. The van der Waals surface area contributed by atoms with Crippen molar-refractivity contribution in [2.75, 3.05) is 17.6 Å². The van der Waals surface area contributed by atoms with E-state index in [9.17, 15) is 9.18 Å². The number of para-hydroxylation sites is 1. The lowest BCUT2D eigenvalue weighted by Crippen LogP contribution is -2.35. The number of halogens is 1. The molecule has 1 aliphatic rings. The number of rotatable bonds is 4. The molecule has 0 aliphatic carbocycles. The van der Waals surface area contributed by atoms with Crippen LogP contribution < -0.4 is 5.32 Å². The van der Waals surface area contributed by atoms with Gasteiger partial charge in [-0.2, -0.15) is 0 Å². The van der Waals surface area contributed by atoms with Crippen LogP contribution in [0.25, 0.3) is 0 Å². The summed E-state index contributed by atoms with van der Waals surface area (Å²) in [5.74, 6) is 1.14. The van der Waals surface area contributed by atoms with Crippen molar-refractivity contribution in [3.63, 3.8) is 0 Å². The maximum absolute atomic E-state index is 14.3. The second-order valence-electron chi connectivity index (χ2n) is 7.49. The Bertz CT molecular complexity index is 795. The number of nitrogens with zero attached hydrogens (tertiary/aromatic N) is 1. The highest BCUT2D eigenvalue weighted by molar-refractivity contribution is 7.99. The third kappa shape index (κ3) is 4.13. The molecule has 1 heterocycles. The number of benzene rings is 2. The van der Waals surface area contributed by atoms with Crippen molar-refractivity contribution in [2.24, 2.45) is 0 Å². The molecule has 27 heavy (non-hydrogen) atoms. The minimum Gasteiger partial charge on any atom is -0.307 e. The maximum atomic E-state index is 14.3. The Kier molecular flexibility index (Phi) is 6.10. The van der Waals surface area contributed by atoms with E-state index in [4.69, 9.17) is 0 Å². The Morgan fingerprint density at radius 2 is 1.70 bits per heavy atom. The summed E-state index contributed by atoms with van der Waals surface area (Å²) in [6, 6.07) is 12.7. The van der Waals surface area contributed by atoms with Crippen LogP contribution in [0.4, 0.5) is 14.9 Å². The first-order chi connectivity index (χ1) is 12.9. The Morgan fingerprint density at radius 3 is 2.30 bits per heavy atom. The summed E-state index contributed by atoms with van der Waals surface area (Å²) in [7, 11) is 0. The van der Waals surface area contributed by atoms with E-state index in [1.165, 1.54) is 6.07 Å². The van der Waals surface area contributed by atoms with Crippen LogP contribution in [0.3, 0.4) is 0 Å². The fraction of sp³-hybridized carbons (Fsp3) is 0.409. The first kappa shape index (κ1) is 19.7. The van der Waals surface area contributed by atoms with Crippen LogP contribution in [0.1, 0.15) is 61.6 Å². The molecule has 1 saturated heterocycles. The van der Waals surface area contributed by atoms with E-state index in [1.54, 1.807) is 28.8 Å². The SMILES string of the molecule is CC(C)c1cccc(C(C)C)c1NC(=O)N1CCSC1c1ccccc1F. The molecule has 3 rings (SSSR count). The zero-order chi connectivity index (χ0) is 19.6. The number of anilines is 1. The molecule has 0 bridgehead atoms. The number of carbonyl (C=O) groups is 1. The van der Waals surface area contributed by atoms with E-state index >= 15 is 0 Å². The standard InChI is InChI=1S/C22H27FN2OS/c1-14(2)16-9-7-10-17(15(3)4)20(16)24-22(26)25-12-13-27-21(25)18-8-5-6-11-19(18)23/h5-11,14-15,21H,12-13H2,1-4H3,(H,24,26). The van der Waals surface area contributed by atoms with Crippen molar-refractivity contribution < 1.29 is 9.18 Å². The fourth-order valence-corrected chi connectivity index (χ4v) is 4.76. The van der Waals surface area contributed by atoms with Crippen molar-refractivity contribution in [3.8, 4) is 0 Å². The van der Waals surface area contributed by atoms with Gasteiger partial charge in [-0.1, -0.05) is 64.1 Å². The summed E-state index contributed by atoms with van der Waals surface area (Å²) >= 11 is 1.60. The van der Waals surface area contributed by atoms with Gasteiger partial charge < -0.3 is 10.2 Å². The lowest BCUT2D eigenvalue weighted by molar-refractivity contribution is 0.213.